The van der Waals surface area contributed by atoms with Crippen LogP contribution < -0.4 is 15.6 Å². The van der Waals surface area contributed by atoms with Gasteiger partial charge >= 0.3 is 0 Å². The number of rotatable bonds is 7. The molecule has 0 aliphatic rings. The molecule has 9 nitrogen and oxygen atoms in total. The minimum absolute atomic E-state index is 0.191. The van der Waals surface area contributed by atoms with Crippen LogP contribution in [-0.4, -0.2) is 32.3 Å². The Balaban J connectivity index is 1.64. The van der Waals surface area contributed by atoms with Gasteiger partial charge in [-0.25, -0.2) is 4.98 Å². The lowest BCUT2D eigenvalue weighted by Gasteiger charge is -2.11. The van der Waals surface area contributed by atoms with Gasteiger partial charge in [-0.2, -0.15) is 9.78 Å². The zero-order valence-electron chi connectivity index (χ0n) is 18.0. The highest BCUT2D eigenvalue weighted by Gasteiger charge is 2.18. The number of nitrogens with one attached hydrogen (secondary N) is 2. The van der Waals surface area contributed by atoms with E-state index < -0.39 is 0 Å². The summed E-state index contributed by atoms with van der Waals surface area (Å²) < 4.78 is 12.4. The Morgan fingerprint density at radius 2 is 2.03 bits per heavy atom. The lowest BCUT2D eigenvalue weighted by atomic mass is 10.2. The number of nitrogens with zero attached hydrogens (tertiary/aromatic N) is 3. The van der Waals surface area contributed by atoms with Crippen LogP contribution in [0.3, 0.4) is 0 Å². The topological polar surface area (TPSA) is 115 Å². The summed E-state index contributed by atoms with van der Waals surface area (Å²) in [5.74, 6) is 1.27. The van der Waals surface area contributed by atoms with Gasteiger partial charge < -0.3 is 14.5 Å². The van der Waals surface area contributed by atoms with Crippen LogP contribution in [0.5, 0.6) is 5.75 Å². The average molecular weight is 433 g/mol. The number of H-pyrrole nitrogens is 1. The van der Waals surface area contributed by atoms with Gasteiger partial charge in [0.05, 0.1) is 6.26 Å². The minimum atomic E-state index is -0.385. The summed E-state index contributed by atoms with van der Waals surface area (Å²) in [6, 6.07) is 12.6. The molecule has 1 amide bonds. The summed E-state index contributed by atoms with van der Waals surface area (Å²) in [4.78, 5) is 32.3. The third-order valence-electron chi connectivity index (χ3n) is 4.97. The van der Waals surface area contributed by atoms with Gasteiger partial charge in [-0.3, -0.25) is 14.6 Å². The van der Waals surface area contributed by atoms with Crippen molar-refractivity contribution >= 4 is 11.7 Å². The van der Waals surface area contributed by atoms with E-state index in [1.807, 2.05) is 32.0 Å². The molecule has 4 aromatic rings. The van der Waals surface area contributed by atoms with E-state index in [0.717, 1.165) is 5.56 Å². The number of amides is 1. The van der Waals surface area contributed by atoms with E-state index in [-0.39, 0.29) is 24.0 Å². The number of hydrogen-bond acceptors (Lipinski definition) is 6. The molecule has 9 heteroatoms. The number of aryl methyl sites for hydroxylation is 2. The molecular formula is C23H23N5O4. The number of benzene rings is 1. The Morgan fingerprint density at radius 3 is 2.72 bits per heavy atom. The van der Waals surface area contributed by atoms with Gasteiger partial charge in [0.25, 0.3) is 11.5 Å². The molecule has 3 heterocycles. The van der Waals surface area contributed by atoms with E-state index in [9.17, 15) is 9.59 Å². The summed E-state index contributed by atoms with van der Waals surface area (Å²) >= 11 is 0. The standard InChI is InChI=1S/C23H23N5O4/c1-4-16-15(3)24-23(26-22(16)30)28-20(12-17(27-28)19-10-7-11-31-19)25-21(29)13-32-18-9-6-5-8-14(18)2/h5-12H,4,13H2,1-3H3,(H,25,29)(H,24,26,30). The fraction of sp³-hybridized carbons (Fsp3) is 0.217. The summed E-state index contributed by atoms with van der Waals surface area (Å²) in [6.45, 7) is 5.37. The molecule has 0 fully saturated rings. The van der Waals surface area contributed by atoms with Gasteiger partial charge in [0, 0.05) is 17.3 Å². The lowest BCUT2D eigenvalue weighted by molar-refractivity contribution is -0.118. The van der Waals surface area contributed by atoms with Gasteiger partial charge in [-0.05, 0) is 44.0 Å². The number of ether oxygens (including phenoxy) is 1. The van der Waals surface area contributed by atoms with Crippen molar-refractivity contribution in [1.29, 1.82) is 0 Å². The SMILES string of the molecule is CCc1c(C)nc(-n2nc(-c3ccco3)cc2NC(=O)COc2ccccc2C)[nH]c1=O. The quantitative estimate of drug-likeness (QED) is 0.462. The molecule has 164 valence electrons. The molecule has 0 spiro atoms. The second kappa shape index (κ2) is 8.93. The summed E-state index contributed by atoms with van der Waals surface area (Å²) in [7, 11) is 0. The first-order chi connectivity index (χ1) is 15.5. The van der Waals surface area contributed by atoms with Gasteiger partial charge in [0.1, 0.15) is 17.3 Å². The molecule has 4 rings (SSSR count). The Kier molecular flexibility index (Phi) is 5.89. The summed E-state index contributed by atoms with van der Waals surface area (Å²) in [6.07, 6.45) is 2.09. The molecule has 0 atom stereocenters. The molecule has 0 bridgehead atoms. The smallest absolute Gasteiger partial charge is 0.263 e. The van der Waals surface area contributed by atoms with Gasteiger partial charge in [-0.15, -0.1) is 0 Å². The second-order valence-corrected chi connectivity index (χ2v) is 7.21. The van der Waals surface area contributed by atoms with Gasteiger partial charge in [-0.1, -0.05) is 25.1 Å². The van der Waals surface area contributed by atoms with Crippen molar-refractivity contribution in [1.82, 2.24) is 19.7 Å². The number of aromatic nitrogens is 4. The van der Waals surface area contributed by atoms with E-state index in [2.05, 4.69) is 20.4 Å². The largest absolute Gasteiger partial charge is 0.483 e. The normalized spacial score (nSPS) is 10.8. The van der Waals surface area contributed by atoms with Crippen LogP contribution in [0.25, 0.3) is 17.4 Å². The Labute approximate surface area is 184 Å². The first-order valence-corrected chi connectivity index (χ1v) is 10.2. The van der Waals surface area contributed by atoms with Gasteiger partial charge in [0.2, 0.25) is 5.95 Å². The highest BCUT2D eigenvalue weighted by Crippen LogP contribution is 2.24. The maximum absolute atomic E-state index is 12.6. The summed E-state index contributed by atoms with van der Waals surface area (Å²) in [5, 5.41) is 7.26. The van der Waals surface area contributed by atoms with E-state index in [1.54, 1.807) is 31.2 Å². The first-order valence-electron chi connectivity index (χ1n) is 10.2. The number of carbonyl (C=O) groups is 1. The van der Waals surface area contributed by atoms with Crippen LogP contribution in [0, 0.1) is 13.8 Å². The Bertz CT molecular complexity index is 1300. The molecule has 1 aromatic carbocycles. The van der Waals surface area contributed by atoms with Crippen LogP contribution in [0.4, 0.5) is 5.82 Å². The number of aromatic amines is 1. The van der Waals surface area contributed by atoms with Crippen LogP contribution in [-0.2, 0) is 11.2 Å². The van der Waals surface area contributed by atoms with Crippen LogP contribution >= 0.6 is 0 Å². The van der Waals surface area contributed by atoms with E-state index in [0.29, 0.717) is 40.7 Å². The third-order valence-corrected chi connectivity index (χ3v) is 4.97. The molecule has 0 radical (unpaired) electrons. The van der Waals surface area contributed by atoms with Crippen molar-refractivity contribution < 1.29 is 13.9 Å². The van der Waals surface area contributed by atoms with Crippen LogP contribution in [0.15, 0.2) is 57.9 Å². The molecule has 0 saturated heterocycles. The van der Waals surface area contributed by atoms with Crippen LogP contribution in [0.2, 0.25) is 0 Å². The second-order valence-electron chi connectivity index (χ2n) is 7.21. The summed E-state index contributed by atoms with van der Waals surface area (Å²) in [5.41, 5.74) is 2.36. The van der Waals surface area contributed by atoms with Crippen molar-refractivity contribution in [2.75, 3.05) is 11.9 Å². The van der Waals surface area contributed by atoms with Crippen molar-refractivity contribution in [3.05, 3.63) is 75.9 Å². The zero-order chi connectivity index (χ0) is 22.7. The Hall–Kier alpha value is -4.14. The van der Waals surface area contributed by atoms with Crippen LogP contribution in [0.1, 0.15) is 23.7 Å². The molecule has 0 saturated carbocycles. The molecule has 2 N–H and O–H groups in total. The van der Waals surface area contributed by atoms with Gasteiger partial charge in [0.15, 0.2) is 12.4 Å². The number of carbonyl (C=O) groups excluding carboxylic acids is 1. The van der Waals surface area contributed by atoms with Crippen molar-refractivity contribution in [3.8, 4) is 23.2 Å². The molecule has 0 aliphatic carbocycles. The zero-order valence-corrected chi connectivity index (χ0v) is 18.0. The number of furan rings is 1. The van der Waals surface area contributed by atoms with E-state index >= 15 is 0 Å². The Morgan fingerprint density at radius 1 is 1.22 bits per heavy atom. The minimum Gasteiger partial charge on any atom is -0.483 e. The lowest BCUT2D eigenvalue weighted by Crippen LogP contribution is -2.24. The molecule has 3 aromatic heterocycles. The number of para-hydroxylation sites is 1. The third kappa shape index (κ3) is 4.31. The van der Waals surface area contributed by atoms with Crippen molar-refractivity contribution in [2.45, 2.75) is 27.2 Å². The predicted molar refractivity (Wildman–Crippen MR) is 119 cm³/mol. The fourth-order valence-electron chi connectivity index (χ4n) is 3.33. The van der Waals surface area contributed by atoms with E-state index in [4.69, 9.17) is 9.15 Å². The molecule has 0 unspecified atom stereocenters. The maximum Gasteiger partial charge on any atom is 0.263 e. The molecule has 32 heavy (non-hydrogen) atoms. The van der Waals surface area contributed by atoms with E-state index in [1.165, 1.54) is 10.9 Å². The molecular weight excluding hydrogens is 410 g/mol. The highest BCUT2D eigenvalue weighted by atomic mass is 16.5. The van der Waals surface area contributed by atoms with Crippen molar-refractivity contribution in [2.24, 2.45) is 0 Å². The highest BCUT2D eigenvalue weighted by molar-refractivity contribution is 5.91. The average Bonchev–Trinajstić information content (AvgIpc) is 3.43. The number of anilines is 1. The van der Waals surface area contributed by atoms with Crippen molar-refractivity contribution in [3.63, 3.8) is 0 Å². The monoisotopic (exact) mass is 433 g/mol. The first kappa shape index (κ1) is 21.1. The fourth-order valence-corrected chi connectivity index (χ4v) is 3.33. The predicted octanol–water partition coefficient (Wildman–Crippen LogP) is 3.41. The molecule has 0 aliphatic heterocycles. The number of hydrogen-bond donors (Lipinski definition) is 2. The maximum atomic E-state index is 12.6.